The zero-order chi connectivity index (χ0) is 24.6. The number of nitro benzene ring substituents is 1. The molecule has 0 spiro atoms. The van der Waals surface area contributed by atoms with Crippen LogP contribution in [0.3, 0.4) is 0 Å². The van der Waals surface area contributed by atoms with Crippen LogP contribution < -0.4 is 20.9 Å². The van der Waals surface area contributed by atoms with Gasteiger partial charge in [-0.1, -0.05) is 6.07 Å². The van der Waals surface area contributed by atoms with E-state index in [0.717, 1.165) is 37.2 Å². The Kier molecular flexibility index (Phi) is 7.51. The molecule has 1 aliphatic rings. The second-order valence-corrected chi connectivity index (χ2v) is 8.21. The maximum atomic E-state index is 13.2. The zero-order valence-electron chi connectivity index (χ0n) is 19.1. The number of non-ortho nitro benzene ring substituents is 1. The number of carbonyl (C=O) groups is 2. The Bertz CT molecular complexity index is 1190. The zero-order valence-corrected chi connectivity index (χ0v) is 19.1. The van der Waals surface area contributed by atoms with Crippen LogP contribution in [0.1, 0.15) is 35.2 Å². The van der Waals surface area contributed by atoms with Crippen LogP contribution >= 0.6 is 0 Å². The van der Waals surface area contributed by atoms with Gasteiger partial charge in [-0.2, -0.15) is 0 Å². The molecule has 3 amide bonds. The number of rotatable bonds is 7. The van der Waals surface area contributed by atoms with Gasteiger partial charge in [0.15, 0.2) is 0 Å². The second kappa shape index (κ2) is 11.1. The van der Waals surface area contributed by atoms with Crippen LogP contribution in [-0.4, -0.2) is 34.9 Å². The molecule has 0 unspecified atom stereocenters. The highest BCUT2D eigenvalue weighted by atomic mass is 16.6. The Morgan fingerprint density at radius 1 is 0.971 bits per heavy atom. The lowest BCUT2D eigenvalue weighted by Crippen LogP contribution is -2.33. The van der Waals surface area contributed by atoms with Crippen molar-refractivity contribution in [3.63, 3.8) is 0 Å². The molecule has 1 aliphatic heterocycles. The van der Waals surface area contributed by atoms with Crippen molar-refractivity contribution in [1.82, 2.24) is 10.3 Å². The van der Waals surface area contributed by atoms with Crippen LogP contribution in [0.2, 0.25) is 0 Å². The number of nitro groups is 1. The van der Waals surface area contributed by atoms with Crippen molar-refractivity contribution in [1.29, 1.82) is 0 Å². The van der Waals surface area contributed by atoms with Crippen molar-refractivity contribution in [3.05, 3.63) is 88.2 Å². The van der Waals surface area contributed by atoms with E-state index in [1.807, 2.05) is 18.2 Å². The molecule has 35 heavy (non-hydrogen) atoms. The number of pyridine rings is 1. The fourth-order valence-electron chi connectivity index (χ4n) is 3.95. The average molecular weight is 475 g/mol. The Labute approximate surface area is 202 Å². The molecule has 180 valence electrons. The summed E-state index contributed by atoms with van der Waals surface area (Å²) in [5.74, 6) is -0.242. The van der Waals surface area contributed by atoms with Crippen molar-refractivity contribution < 1.29 is 14.5 Å². The van der Waals surface area contributed by atoms with Crippen LogP contribution in [0.15, 0.2) is 67.0 Å². The molecule has 1 fully saturated rings. The molecule has 0 bridgehead atoms. The summed E-state index contributed by atoms with van der Waals surface area (Å²) < 4.78 is 0. The van der Waals surface area contributed by atoms with Gasteiger partial charge in [-0.05, 0) is 61.2 Å². The smallest absolute Gasteiger partial charge is 0.323 e. The first kappa shape index (κ1) is 23.7. The number of hydrogen-bond acceptors (Lipinski definition) is 6. The molecule has 1 saturated heterocycles. The molecule has 2 heterocycles. The number of aromatic nitrogens is 1. The Morgan fingerprint density at radius 2 is 1.69 bits per heavy atom. The number of piperidine rings is 1. The van der Waals surface area contributed by atoms with Gasteiger partial charge in [0.05, 0.1) is 10.5 Å². The molecule has 1 aromatic heterocycles. The maximum Gasteiger partial charge on any atom is 0.323 e. The van der Waals surface area contributed by atoms with E-state index >= 15 is 0 Å². The summed E-state index contributed by atoms with van der Waals surface area (Å²) in [6.45, 7) is 2.08. The third-order valence-electron chi connectivity index (χ3n) is 5.71. The number of hydrogen-bond donors (Lipinski definition) is 3. The largest absolute Gasteiger partial charge is 0.371 e. The van der Waals surface area contributed by atoms with E-state index < -0.39 is 11.0 Å². The second-order valence-electron chi connectivity index (χ2n) is 8.21. The quantitative estimate of drug-likeness (QED) is 0.340. The van der Waals surface area contributed by atoms with Gasteiger partial charge in [0.2, 0.25) is 0 Å². The van der Waals surface area contributed by atoms with Crippen molar-refractivity contribution >= 4 is 34.7 Å². The number of benzene rings is 2. The summed E-state index contributed by atoms with van der Waals surface area (Å²) in [6, 6.07) is 14.0. The Balaban J connectivity index is 1.49. The Hall–Kier alpha value is -4.47. The molecule has 0 radical (unpaired) electrons. The van der Waals surface area contributed by atoms with Gasteiger partial charge in [0, 0.05) is 61.2 Å². The van der Waals surface area contributed by atoms with Gasteiger partial charge in [0.25, 0.3) is 11.6 Å². The number of carbonyl (C=O) groups excluding carboxylic acids is 2. The monoisotopic (exact) mass is 474 g/mol. The predicted molar refractivity (Wildman–Crippen MR) is 134 cm³/mol. The molecular weight excluding hydrogens is 448 g/mol. The summed E-state index contributed by atoms with van der Waals surface area (Å²) in [6.07, 6.45) is 6.67. The highest BCUT2D eigenvalue weighted by Gasteiger charge is 2.20. The first-order valence-electron chi connectivity index (χ1n) is 11.4. The number of anilines is 3. The van der Waals surface area contributed by atoms with E-state index in [0.29, 0.717) is 23.5 Å². The van der Waals surface area contributed by atoms with Crippen LogP contribution in [-0.2, 0) is 6.54 Å². The molecule has 0 aliphatic carbocycles. The first-order valence-corrected chi connectivity index (χ1v) is 11.4. The van der Waals surface area contributed by atoms with Crippen molar-refractivity contribution in [2.24, 2.45) is 0 Å². The minimum Gasteiger partial charge on any atom is -0.371 e. The molecule has 0 saturated carbocycles. The highest BCUT2D eigenvalue weighted by molar-refractivity contribution is 6.04. The van der Waals surface area contributed by atoms with E-state index in [2.05, 4.69) is 25.8 Å². The maximum absolute atomic E-state index is 13.2. The fourth-order valence-corrected chi connectivity index (χ4v) is 3.95. The van der Waals surface area contributed by atoms with E-state index in [9.17, 15) is 19.7 Å². The van der Waals surface area contributed by atoms with Crippen molar-refractivity contribution in [2.45, 2.75) is 25.8 Å². The number of nitrogens with zero attached hydrogens (tertiary/aromatic N) is 3. The lowest BCUT2D eigenvalue weighted by Gasteiger charge is -2.30. The molecule has 4 rings (SSSR count). The molecule has 0 atom stereocenters. The first-order chi connectivity index (χ1) is 17.0. The fraction of sp³-hybridized carbons (Fsp3) is 0.240. The highest BCUT2D eigenvalue weighted by Crippen LogP contribution is 2.27. The molecule has 10 heteroatoms. The van der Waals surface area contributed by atoms with E-state index in [-0.39, 0.29) is 11.6 Å². The van der Waals surface area contributed by atoms with Gasteiger partial charge in [-0.3, -0.25) is 19.9 Å². The summed E-state index contributed by atoms with van der Waals surface area (Å²) in [7, 11) is 0. The summed E-state index contributed by atoms with van der Waals surface area (Å²) in [5.41, 5.74) is 2.99. The standard InChI is InChI=1S/C25H26N6O4/c32-24(27-17-18-5-4-12-26-16-18)22-15-20(8-11-23(22)30-13-2-1-3-14-30)29-25(33)28-19-6-9-21(10-7-19)31(34)35/h4-12,15-16H,1-3,13-14,17H2,(H,27,32)(H2,28,29,33). The third kappa shape index (κ3) is 6.32. The van der Waals surface area contributed by atoms with Gasteiger partial charge in [-0.25, -0.2) is 4.79 Å². The predicted octanol–water partition coefficient (Wildman–Crippen LogP) is 4.55. The molecule has 3 aromatic rings. The minimum atomic E-state index is -0.522. The average Bonchev–Trinajstić information content (AvgIpc) is 2.88. The normalized spacial score (nSPS) is 13.1. The lowest BCUT2D eigenvalue weighted by molar-refractivity contribution is -0.384. The molecule has 2 aromatic carbocycles. The van der Waals surface area contributed by atoms with Crippen molar-refractivity contribution in [2.75, 3.05) is 28.6 Å². The molecule has 10 nitrogen and oxygen atoms in total. The van der Waals surface area contributed by atoms with E-state index in [1.54, 1.807) is 24.5 Å². The lowest BCUT2D eigenvalue weighted by atomic mass is 10.1. The van der Waals surface area contributed by atoms with E-state index in [4.69, 9.17) is 0 Å². The number of urea groups is 1. The van der Waals surface area contributed by atoms with Crippen LogP contribution in [0.5, 0.6) is 0 Å². The molecule has 3 N–H and O–H groups in total. The topological polar surface area (TPSA) is 130 Å². The van der Waals surface area contributed by atoms with Gasteiger partial charge in [0.1, 0.15) is 0 Å². The van der Waals surface area contributed by atoms with Gasteiger partial charge in [-0.15, -0.1) is 0 Å². The van der Waals surface area contributed by atoms with Gasteiger partial charge < -0.3 is 20.9 Å². The summed E-state index contributed by atoms with van der Waals surface area (Å²) >= 11 is 0. The minimum absolute atomic E-state index is 0.0637. The Morgan fingerprint density at radius 3 is 2.37 bits per heavy atom. The summed E-state index contributed by atoms with van der Waals surface area (Å²) in [5, 5.41) is 19.1. The molecular formula is C25H26N6O4. The van der Waals surface area contributed by atoms with Crippen LogP contribution in [0, 0.1) is 10.1 Å². The summed E-state index contributed by atoms with van der Waals surface area (Å²) in [4.78, 5) is 42.2. The SMILES string of the molecule is O=C(Nc1ccc([N+](=O)[O-])cc1)Nc1ccc(N2CCCCC2)c(C(=O)NCc2cccnc2)c1. The van der Waals surface area contributed by atoms with Crippen molar-refractivity contribution in [3.8, 4) is 0 Å². The van der Waals surface area contributed by atoms with Crippen LogP contribution in [0.25, 0.3) is 0 Å². The van der Waals surface area contributed by atoms with Gasteiger partial charge >= 0.3 is 6.03 Å². The third-order valence-corrected chi connectivity index (χ3v) is 5.71. The number of amides is 3. The number of nitrogens with one attached hydrogen (secondary N) is 3. The van der Waals surface area contributed by atoms with Crippen LogP contribution in [0.4, 0.5) is 27.5 Å². The van der Waals surface area contributed by atoms with E-state index in [1.165, 1.54) is 30.7 Å².